The maximum atomic E-state index is 3.40. The van der Waals surface area contributed by atoms with Crippen LogP contribution in [0.1, 0.15) is 65.7 Å². The van der Waals surface area contributed by atoms with Gasteiger partial charge in [0.15, 0.2) is 0 Å². The Balaban J connectivity index is 3.25. The predicted octanol–water partition coefficient (Wildman–Crippen LogP) is 3.67. The van der Waals surface area contributed by atoms with Gasteiger partial charge >= 0.3 is 0 Å². The van der Waals surface area contributed by atoms with E-state index in [4.69, 9.17) is 0 Å². The van der Waals surface area contributed by atoms with Gasteiger partial charge in [0, 0.05) is 13.1 Å². The summed E-state index contributed by atoms with van der Waals surface area (Å²) in [4.78, 5) is 2.56. The first-order valence-electron chi connectivity index (χ1n) is 7.78. The van der Waals surface area contributed by atoms with E-state index < -0.39 is 0 Å². The first-order chi connectivity index (χ1) is 8.35. The molecule has 17 heavy (non-hydrogen) atoms. The second-order valence-corrected chi connectivity index (χ2v) is 4.91. The molecular formula is C15H34N2. The molecule has 0 rings (SSSR count). The van der Waals surface area contributed by atoms with Gasteiger partial charge in [-0.05, 0) is 26.1 Å². The molecule has 0 aromatic heterocycles. The number of likely N-dealkylation sites (N-methyl/N-ethyl adjacent to an activating group) is 2. The van der Waals surface area contributed by atoms with E-state index in [1.807, 2.05) is 0 Å². The fourth-order valence-corrected chi connectivity index (χ4v) is 2.13. The third kappa shape index (κ3) is 12.2. The zero-order valence-corrected chi connectivity index (χ0v) is 12.4. The third-order valence-corrected chi connectivity index (χ3v) is 3.38. The molecule has 0 aliphatic heterocycles. The molecule has 0 fully saturated rings. The van der Waals surface area contributed by atoms with E-state index in [0.717, 1.165) is 13.1 Å². The summed E-state index contributed by atoms with van der Waals surface area (Å²) in [6.07, 6.45) is 9.89. The Hall–Kier alpha value is -0.0800. The monoisotopic (exact) mass is 242 g/mol. The molecule has 0 saturated carbocycles. The molecule has 0 spiro atoms. The second-order valence-electron chi connectivity index (χ2n) is 4.91. The average Bonchev–Trinajstić information content (AvgIpc) is 2.35. The normalized spacial score (nSPS) is 11.3. The lowest BCUT2D eigenvalue weighted by atomic mass is 10.1. The van der Waals surface area contributed by atoms with Crippen LogP contribution in [0.15, 0.2) is 0 Å². The Morgan fingerprint density at radius 1 is 0.765 bits per heavy atom. The van der Waals surface area contributed by atoms with Gasteiger partial charge in [0.05, 0.1) is 0 Å². The summed E-state index contributed by atoms with van der Waals surface area (Å²) >= 11 is 0. The molecule has 0 saturated heterocycles. The number of nitrogens with one attached hydrogen (secondary N) is 1. The Bertz CT molecular complexity index is 137. The quantitative estimate of drug-likeness (QED) is 0.496. The van der Waals surface area contributed by atoms with Gasteiger partial charge in [-0.25, -0.2) is 0 Å². The minimum absolute atomic E-state index is 1.09. The van der Waals surface area contributed by atoms with Crippen LogP contribution in [-0.2, 0) is 0 Å². The van der Waals surface area contributed by atoms with E-state index in [-0.39, 0.29) is 0 Å². The van der Waals surface area contributed by atoms with Gasteiger partial charge in [0.1, 0.15) is 0 Å². The van der Waals surface area contributed by atoms with Crippen molar-refractivity contribution in [2.45, 2.75) is 65.7 Å². The maximum absolute atomic E-state index is 3.40. The summed E-state index contributed by atoms with van der Waals surface area (Å²) < 4.78 is 0. The SMILES string of the molecule is CCCCCCCCCN(CC)CCNCC. The highest BCUT2D eigenvalue weighted by Crippen LogP contribution is 2.07. The van der Waals surface area contributed by atoms with Gasteiger partial charge in [-0.15, -0.1) is 0 Å². The summed E-state index contributed by atoms with van der Waals surface area (Å²) in [5.41, 5.74) is 0. The molecule has 2 nitrogen and oxygen atoms in total. The van der Waals surface area contributed by atoms with Crippen molar-refractivity contribution >= 4 is 0 Å². The van der Waals surface area contributed by atoms with Crippen molar-refractivity contribution in [3.05, 3.63) is 0 Å². The molecular weight excluding hydrogens is 208 g/mol. The first-order valence-corrected chi connectivity index (χ1v) is 7.78. The number of rotatable bonds is 13. The van der Waals surface area contributed by atoms with Crippen LogP contribution in [0.25, 0.3) is 0 Å². The predicted molar refractivity (Wildman–Crippen MR) is 78.7 cm³/mol. The smallest absolute Gasteiger partial charge is 0.0107 e. The van der Waals surface area contributed by atoms with Crippen LogP contribution in [0.2, 0.25) is 0 Å². The lowest BCUT2D eigenvalue weighted by molar-refractivity contribution is 0.280. The van der Waals surface area contributed by atoms with Crippen molar-refractivity contribution in [2.24, 2.45) is 0 Å². The molecule has 0 heterocycles. The van der Waals surface area contributed by atoms with E-state index in [9.17, 15) is 0 Å². The summed E-state index contributed by atoms with van der Waals surface area (Å²) in [5, 5.41) is 3.40. The van der Waals surface area contributed by atoms with Gasteiger partial charge < -0.3 is 10.2 Å². The minimum Gasteiger partial charge on any atom is -0.316 e. The van der Waals surface area contributed by atoms with Crippen LogP contribution in [0.5, 0.6) is 0 Å². The highest BCUT2D eigenvalue weighted by atomic mass is 15.1. The van der Waals surface area contributed by atoms with Crippen molar-refractivity contribution in [3.63, 3.8) is 0 Å². The van der Waals surface area contributed by atoms with Crippen LogP contribution in [0.3, 0.4) is 0 Å². The molecule has 0 bridgehead atoms. The topological polar surface area (TPSA) is 15.3 Å². The van der Waals surface area contributed by atoms with Gasteiger partial charge in [-0.3, -0.25) is 0 Å². The number of hydrogen-bond donors (Lipinski definition) is 1. The molecule has 0 aromatic carbocycles. The minimum atomic E-state index is 1.09. The second kappa shape index (κ2) is 14.0. The van der Waals surface area contributed by atoms with Crippen molar-refractivity contribution in [2.75, 3.05) is 32.7 Å². The molecule has 0 aliphatic rings. The molecule has 2 heteroatoms. The summed E-state index contributed by atoms with van der Waals surface area (Å²) in [6, 6.07) is 0. The highest BCUT2D eigenvalue weighted by Gasteiger charge is 2.00. The standard InChI is InChI=1S/C15H34N2/c1-4-7-8-9-10-11-12-14-17(6-3)15-13-16-5-2/h16H,4-15H2,1-3H3. The number of nitrogens with zero attached hydrogens (tertiary/aromatic N) is 1. The van der Waals surface area contributed by atoms with Crippen molar-refractivity contribution in [3.8, 4) is 0 Å². The molecule has 0 radical (unpaired) electrons. The van der Waals surface area contributed by atoms with Crippen molar-refractivity contribution < 1.29 is 0 Å². The Labute approximate surface area is 109 Å². The highest BCUT2D eigenvalue weighted by molar-refractivity contribution is 4.58. The summed E-state index contributed by atoms with van der Waals surface area (Å²) in [7, 11) is 0. The fourth-order valence-electron chi connectivity index (χ4n) is 2.13. The van der Waals surface area contributed by atoms with E-state index in [1.54, 1.807) is 0 Å². The van der Waals surface area contributed by atoms with Gasteiger partial charge in [-0.2, -0.15) is 0 Å². The zero-order valence-electron chi connectivity index (χ0n) is 12.4. The van der Waals surface area contributed by atoms with E-state index in [1.165, 1.54) is 64.6 Å². The lowest BCUT2D eigenvalue weighted by Gasteiger charge is -2.20. The summed E-state index contributed by atoms with van der Waals surface area (Å²) in [6.45, 7) is 12.6. The zero-order chi connectivity index (χ0) is 12.8. The summed E-state index contributed by atoms with van der Waals surface area (Å²) in [5.74, 6) is 0. The third-order valence-electron chi connectivity index (χ3n) is 3.38. The number of unbranched alkanes of at least 4 members (excludes halogenated alkanes) is 6. The van der Waals surface area contributed by atoms with E-state index in [0.29, 0.717) is 0 Å². The lowest BCUT2D eigenvalue weighted by Crippen LogP contribution is -2.32. The Kier molecular flexibility index (Phi) is 13.9. The largest absolute Gasteiger partial charge is 0.316 e. The van der Waals surface area contributed by atoms with Crippen LogP contribution in [0.4, 0.5) is 0 Å². The van der Waals surface area contributed by atoms with E-state index >= 15 is 0 Å². The van der Waals surface area contributed by atoms with Crippen LogP contribution >= 0.6 is 0 Å². The Morgan fingerprint density at radius 3 is 2.00 bits per heavy atom. The van der Waals surface area contributed by atoms with Gasteiger partial charge in [0.2, 0.25) is 0 Å². The molecule has 0 atom stereocenters. The van der Waals surface area contributed by atoms with E-state index in [2.05, 4.69) is 31.0 Å². The van der Waals surface area contributed by atoms with Crippen molar-refractivity contribution in [1.29, 1.82) is 0 Å². The van der Waals surface area contributed by atoms with Gasteiger partial charge in [-0.1, -0.05) is 59.3 Å². The Morgan fingerprint density at radius 2 is 1.41 bits per heavy atom. The molecule has 1 N–H and O–H groups in total. The fraction of sp³-hybridized carbons (Fsp3) is 1.00. The molecule has 0 amide bonds. The molecule has 0 aliphatic carbocycles. The molecule has 0 aromatic rings. The maximum Gasteiger partial charge on any atom is 0.0107 e. The van der Waals surface area contributed by atoms with Gasteiger partial charge in [0.25, 0.3) is 0 Å². The molecule has 104 valence electrons. The van der Waals surface area contributed by atoms with Crippen LogP contribution in [0, 0.1) is 0 Å². The van der Waals surface area contributed by atoms with Crippen molar-refractivity contribution in [1.82, 2.24) is 10.2 Å². The van der Waals surface area contributed by atoms with Crippen LogP contribution < -0.4 is 5.32 Å². The number of hydrogen-bond acceptors (Lipinski definition) is 2. The first kappa shape index (κ1) is 16.9. The average molecular weight is 242 g/mol. The molecule has 0 unspecified atom stereocenters. The van der Waals surface area contributed by atoms with Crippen LogP contribution in [-0.4, -0.2) is 37.6 Å².